The molecule has 0 fully saturated rings. The first-order valence-corrected chi connectivity index (χ1v) is 9.49. The molecule has 1 amide bonds. The highest BCUT2D eigenvalue weighted by molar-refractivity contribution is 8.14. The van der Waals surface area contributed by atoms with Gasteiger partial charge in [-0.3, -0.25) is 14.9 Å². The van der Waals surface area contributed by atoms with E-state index in [1.54, 1.807) is 17.1 Å². The normalized spacial score (nSPS) is 19.2. The number of carbonyl (C=O) groups is 1. The van der Waals surface area contributed by atoms with Gasteiger partial charge in [-0.15, -0.1) is 0 Å². The average molecular weight is 401 g/mol. The number of hydrogen-bond acceptors (Lipinski definition) is 6. The number of hydrogen-bond donors (Lipinski definition) is 0. The van der Waals surface area contributed by atoms with Gasteiger partial charge in [-0.1, -0.05) is 35.5 Å². The molecule has 1 unspecified atom stereocenters. The number of carbonyl (C=O) groups excluding carboxylic acids is 1. The quantitative estimate of drug-likeness (QED) is 0.573. The summed E-state index contributed by atoms with van der Waals surface area (Å²) in [6.45, 7) is 0. The van der Waals surface area contributed by atoms with Crippen LogP contribution in [0.1, 0.15) is 23.6 Å². The Morgan fingerprint density at radius 1 is 1.15 bits per heavy atom. The van der Waals surface area contributed by atoms with Crippen LogP contribution in [0, 0.1) is 10.1 Å². The lowest BCUT2D eigenvalue weighted by molar-refractivity contribution is -0.384. The Morgan fingerprint density at radius 3 is 2.44 bits per heavy atom. The summed E-state index contributed by atoms with van der Waals surface area (Å²) in [6, 6.07) is 13.7. The lowest BCUT2D eigenvalue weighted by Gasteiger charge is -2.22. The summed E-state index contributed by atoms with van der Waals surface area (Å²) >= 11 is 7.35. The lowest BCUT2D eigenvalue weighted by atomic mass is 9.98. The van der Waals surface area contributed by atoms with Gasteiger partial charge < -0.3 is 0 Å². The number of amidine groups is 1. The zero-order valence-corrected chi connectivity index (χ0v) is 15.5. The number of non-ortho nitro benzene ring substituents is 1. The molecule has 0 spiro atoms. The number of hydrazone groups is 1. The molecule has 0 aliphatic carbocycles. The summed E-state index contributed by atoms with van der Waals surface area (Å²) in [5.41, 5.74) is 2.62. The lowest BCUT2D eigenvalue weighted by Crippen LogP contribution is -2.23. The highest BCUT2D eigenvalue weighted by Crippen LogP contribution is 2.36. The van der Waals surface area contributed by atoms with Crippen molar-refractivity contribution in [3.8, 4) is 0 Å². The molecule has 0 radical (unpaired) electrons. The molecule has 0 aromatic heterocycles. The number of nitro benzene ring substituents is 1. The van der Waals surface area contributed by atoms with Gasteiger partial charge in [0.2, 0.25) is 0 Å². The van der Waals surface area contributed by atoms with Gasteiger partial charge >= 0.3 is 0 Å². The molecule has 0 saturated carbocycles. The zero-order chi connectivity index (χ0) is 19.0. The minimum atomic E-state index is -0.432. The Balaban J connectivity index is 1.69. The number of nitro groups is 1. The van der Waals surface area contributed by atoms with Crippen LogP contribution < -0.4 is 0 Å². The maximum atomic E-state index is 11.6. The van der Waals surface area contributed by atoms with Crippen molar-refractivity contribution >= 4 is 45.8 Å². The molecule has 27 heavy (non-hydrogen) atoms. The molecule has 136 valence electrons. The van der Waals surface area contributed by atoms with Crippen LogP contribution in [0.2, 0.25) is 5.02 Å². The summed E-state index contributed by atoms with van der Waals surface area (Å²) in [6.07, 6.45) is 0.590. The van der Waals surface area contributed by atoms with Gasteiger partial charge in [-0.05, 0) is 35.4 Å². The summed E-state index contributed by atoms with van der Waals surface area (Å²) < 4.78 is 0. The third kappa shape index (κ3) is 3.58. The van der Waals surface area contributed by atoms with Crippen LogP contribution in [-0.4, -0.2) is 32.5 Å². The number of aliphatic imine (C=N–C) groups is 1. The van der Waals surface area contributed by atoms with Crippen molar-refractivity contribution in [2.24, 2.45) is 10.1 Å². The number of halogens is 1. The number of amides is 1. The van der Waals surface area contributed by atoms with Crippen LogP contribution in [0.4, 0.5) is 5.69 Å². The average Bonchev–Trinajstić information content (AvgIpc) is 3.29. The van der Waals surface area contributed by atoms with Gasteiger partial charge in [-0.2, -0.15) is 10.1 Å². The molecule has 2 aromatic carbocycles. The molecule has 2 heterocycles. The van der Waals surface area contributed by atoms with E-state index in [9.17, 15) is 14.9 Å². The molecule has 7 nitrogen and oxygen atoms in total. The standard InChI is InChI=1S/C18H13ClN4O3S/c19-13-5-1-12(2-6-13)16-9-15(11-3-7-14(8-4-11)23(25)26)21-22(16)18-20-17(24)10-27-18/h1-8,16H,9-10H2. The first-order chi connectivity index (χ1) is 13.0. The van der Waals surface area contributed by atoms with Crippen molar-refractivity contribution in [2.75, 3.05) is 5.75 Å². The Labute approximate surface area is 163 Å². The SMILES string of the molecule is O=C1CSC(N2N=C(c3ccc([N+](=O)[O-])cc3)CC2c2ccc(Cl)cc2)=N1. The molecule has 2 aliphatic rings. The maximum Gasteiger partial charge on any atom is 0.269 e. The first-order valence-electron chi connectivity index (χ1n) is 8.12. The van der Waals surface area contributed by atoms with Gasteiger partial charge in [0.15, 0.2) is 5.17 Å². The molecule has 0 bridgehead atoms. The number of nitrogens with zero attached hydrogens (tertiary/aromatic N) is 4. The second-order valence-electron chi connectivity index (χ2n) is 6.04. The fourth-order valence-electron chi connectivity index (χ4n) is 3.00. The van der Waals surface area contributed by atoms with E-state index in [-0.39, 0.29) is 17.6 Å². The zero-order valence-electron chi connectivity index (χ0n) is 13.9. The van der Waals surface area contributed by atoms with Crippen LogP contribution >= 0.6 is 23.4 Å². The predicted molar refractivity (Wildman–Crippen MR) is 105 cm³/mol. The van der Waals surface area contributed by atoms with E-state index in [0.29, 0.717) is 22.4 Å². The van der Waals surface area contributed by atoms with E-state index >= 15 is 0 Å². The number of benzene rings is 2. The van der Waals surface area contributed by atoms with Crippen molar-refractivity contribution in [1.29, 1.82) is 0 Å². The molecule has 2 aliphatic heterocycles. The fraction of sp³-hybridized carbons (Fsp3) is 0.167. The second kappa shape index (κ2) is 7.13. The molecule has 4 rings (SSSR count). The molecular weight excluding hydrogens is 388 g/mol. The van der Waals surface area contributed by atoms with Crippen LogP contribution in [0.25, 0.3) is 0 Å². The van der Waals surface area contributed by atoms with Crippen molar-refractivity contribution in [1.82, 2.24) is 5.01 Å². The van der Waals surface area contributed by atoms with E-state index in [1.807, 2.05) is 24.3 Å². The largest absolute Gasteiger partial charge is 0.272 e. The number of rotatable bonds is 3. The first kappa shape index (κ1) is 17.7. The molecule has 9 heteroatoms. The predicted octanol–water partition coefficient (Wildman–Crippen LogP) is 4.03. The van der Waals surface area contributed by atoms with Crippen molar-refractivity contribution < 1.29 is 9.72 Å². The van der Waals surface area contributed by atoms with Gasteiger partial charge in [0, 0.05) is 23.6 Å². The summed E-state index contributed by atoms with van der Waals surface area (Å²) in [5, 5.41) is 18.5. The van der Waals surface area contributed by atoms with E-state index in [4.69, 9.17) is 11.6 Å². The molecule has 0 saturated heterocycles. The molecule has 2 aromatic rings. The second-order valence-corrected chi connectivity index (χ2v) is 7.42. The smallest absolute Gasteiger partial charge is 0.269 e. The summed E-state index contributed by atoms with van der Waals surface area (Å²) in [4.78, 5) is 26.1. The van der Waals surface area contributed by atoms with Gasteiger partial charge in [0.1, 0.15) is 0 Å². The number of thioether (sulfide) groups is 1. The van der Waals surface area contributed by atoms with Crippen LogP contribution in [0.5, 0.6) is 0 Å². The fourth-order valence-corrected chi connectivity index (χ4v) is 3.91. The monoisotopic (exact) mass is 400 g/mol. The highest BCUT2D eigenvalue weighted by Gasteiger charge is 2.34. The molecule has 1 atom stereocenters. The third-order valence-electron chi connectivity index (χ3n) is 4.32. The Hall–Kier alpha value is -2.71. The molecule has 0 N–H and O–H groups in total. The van der Waals surface area contributed by atoms with E-state index in [1.165, 1.54) is 23.9 Å². The van der Waals surface area contributed by atoms with Crippen molar-refractivity contribution in [3.05, 3.63) is 74.8 Å². The Kier molecular flexibility index (Phi) is 4.67. The topological polar surface area (TPSA) is 88.2 Å². The Bertz CT molecular complexity index is 973. The van der Waals surface area contributed by atoms with Gasteiger partial charge in [0.05, 0.1) is 22.4 Å². The van der Waals surface area contributed by atoms with E-state index < -0.39 is 4.92 Å². The minimum absolute atomic E-state index is 0.0322. The maximum absolute atomic E-state index is 11.6. The van der Waals surface area contributed by atoms with E-state index in [0.717, 1.165) is 16.8 Å². The van der Waals surface area contributed by atoms with Crippen molar-refractivity contribution in [3.63, 3.8) is 0 Å². The Morgan fingerprint density at radius 2 is 1.85 bits per heavy atom. The van der Waals surface area contributed by atoms with E-state index in [2.05, 4.69) is 10.1 Å². The van der Waals surface area contributed by atoms with Crippen molar-refractivity contribution in [2.45, 2.75) is 12.5 Å². The highest BCUT2D eigenvalue weighted by atomic mass is 35.5. The third-order valence-corrected chi connectivity index (χ3v) is 5.50. The summed E-state index contributed by atoms with van der Waals surface area (Å²) in [5.74, 6) is 0.130. The van der Waals surface area contributed by atoms with Gasteiger partial charge in [-0.25, -0.2) is 5.01 Å². The van der Waals surface area contributed by atoms with Crippen LogP contribution in [-0.2, 0) is 4.79 Å². The van der Waals surface area contributed by atoms with Gasteiger partial charge in [0.25, 0.3) is 11.6 Å². The minimum Gasteiger partial charge on any atom is -0.272 e. The van der Waals surface area contributed by atoms with Crippen LogP contribution in [0.3, 0.4) is 0 Å². The summed E-state index contributed by atoms with van der Waals surface area (Å²) in [7, 11) is 0. The van der Waals surface area contributed by atoms with Crippen LogP contribution in [0.15, 0.2) is 58.6 Å². The molecular formula is C18H13ClN4O3S.